The first-order valence-corrected chi connectivity index (χ1v) is 13.1. The maximum atomic E-state index is 13.2. The fourth-order valence-electron chi connectivity index (χ4n) is 4.21. The monoisotopic (exact) mass is 551 g/mol. The van der Waals surface area contributed by atoms with E-state index < -0.39 is 16.1 Å². The minimum absolute atomic E-state index is 0.148. The third-order valence-corrected chi connectivity index (χ3v) is 8.68. The van der Waals surface area contributed by atoms with E-state index in [1.54, 1.807) is 50.6 Å². The number of hydrogen-bond acceptors (Lipinski definition) is 7. The number of nitrogens with zero attached hydrogens (tertiary/aromatic N) is 1. The molecule has 1 aliphatic heterocycles. The highest BCUT2D eigenvalue weighted by Gasteiger charge is 2.31. The summed E-state index contributed by atoms with van der Waals surface area (Å²) in [5, 5.41) is 0. The quantitative estimate of drug-likeness (QED) is 0.440. The van der Waals surface area contributed by atoms with Crippen molar-refractivity contribution in [2.24, 2.45) is 0 Å². The van der Waals surface area contributed by atoms with Gasteiger partial charge in [-0.15, -0.1) is 0 Å². The summed E-state index contributed by atoms with van der Waals surface area (Å²) in [6.45, 7) is 0.459. The van der Waals surface area contributed by atoms with Crippen molar-refractivity contribution in [3.8, 4) is 0 Å². The number of allylic oxidation sites excluding steroid dienone is 3. The van der Waals surface area contributed by atoms with E-state index in [4.69, 9.17) is 18.6 Å². The molecule has 2 unspecified atom stereocenters. The number of anilines is 1. The van der Waals surface area contributed by atoms with Crippen molar-refractivity contribution in [2.45, 2.75) is 24.9 Å². The Bertz CT molecular complexity index is 1230. The molecule has 2 heterocycles. The fourth-order valence-corrected chi connectivity index (χ4v) is 6.39. The average Bonchev–Trinajstić information content (AvgIpc) is 3.46. The van der Waals surface area contributed by atoms with Crippen LogP contribution in [-0.4, -0.2) is 47.8 Å². The Labute approximate surface area is 207 Å². The maximum Gasteiger partial charge on any atom is 0.235 e. The minimum atomic E-state index is -3.27. The van der Waals surface area contributed by atoms with E-state index >= 15 is 0 Å². The fraction of sp³-hybridized carbons (Fsp3) is 0.375. The summed E-state index contributed by atoms with van der Waals surface area (Å²) in [7, 11) is 1.35. The number of ketones is 1. The zero-order chi connectivity index (χ0) is 24.5. The molecule has 4 rings (SSSR count). The molecule has 2 atom stereocenters. The zero-order valence-electron chi connectivity index (χ0n) is 19.1. The van der Waals surface area contributed by atoms with Gasteiger partial charge in [-0.25, -0.2) is 8.42 Å². The molecular weight excluding hydrogens is 526 g/mol. The third-order valence-electron chi connectivity index (χ3n) is 5.98. The lowest BCUT2D eigenvalue weighted by atomic mass is 9.96. The molecule has 1 aromatic heterocycles. The lowest BCUT2D eigenvalue weighted by Crippen LogP contribution is -2.25. The van der Waals surface area contributed by atoms with Gasteiger partial charge in [0, 0.05) is 26.0 Å². The smallest absolute Gasteiger partial charge is 0.235 e. The van der Waals surface area contributed by atoms with Crippen molar-refractivity contribution in [1.29, 1.82) is 0 Å². The van der Waals surface area contributed by atoms with Crippen LogP contribution in [0.4, 0.5) is 5.69 Å². The van der Waals surface area contributed by atoms with Crippen LogP contribution in [0, 0.1) is 0 Å². The van der Waals surface area contributed by atoms with Gasteiger partial charge in [0.05, 0.1) is 30.1 Å². The SMILES string of the molecule is COC1=CC(c2ccc(C(=O)C(OC)c3ccc(N4CCCS4(=O)=O)cc3)o2)CC(OC)=C1Br. The predicted molar refractivity (Wildman–Crippen MR) is 130 cm³/mol. The minimum Gasteiger partial charge on any atom is -0.500 e. The molecule has 10 heteroatoms. The lowest BCUT2D eigenvalue weighted by Gasteiger charge is -2.21. The van der Waals surface area contributed by atoms with Crippen LogP contribution in [0.15, 0.2) is 62.9 Å². The zero-order valence-corrected chi connectivity index (χ0v) is 21.5. The van der Waals surface area contributed by atoms with Gasteiger partial charge in [-0.05, 0) is 58.3 Å². The molecule has 0 amide bonds. The number of halogens is 1. The predicted octanol–water partition coefficient (Wildman–Crippen LogP) is 4.66. The number of carbonyl (C=O) groups excluding carboxylic acids is 1. The Morgan fingerprint density at radius 1 is 1.12 bits per heavy atom. The highest BCUT2D eigenvalue weighted by molar-refractivity contribution is 9.12. The molecule has 1 aromatic carbocycles. The molecular formula is C24H26BrNO7S. The lowest BCUT2D eigenvalue weighted by molar-refractivity contribution is 0.0574. The summed E-state index contributed by atoms with van der Waals surface area (Å²) in [5.74, 6) is 1.80. The molecule has 1 aliphatic carbocycles. The topological polar surface area (TPSA) is 95.3 Å². The molecule has 182 valence electrons. The van der Waals surface area contributed by atoms with E-state index in [9.17, 15) is 13.2 Å². The molecule has 0 spiro atoms. The van der Waals surface area contributed by atoms with Crippen molar-refractivity contribution in [2.75, 3.05) is 37.9 Å². The number of hydrogen-bond donors (Lipinski definition) is 0. The Balaban J connectivity index is 1.53. The van der Waals surface area contributed by atoms with Crippen molar-refractivity contribution < 1.29 is 31.8 Å². The van der Waals surface area contributed by atoms with Crippen LogP contribution >= 0.6 is 15.9 Å². The number of sulfonamides is 1. The van der Waals surface area contributed by atoms with Crippen molar-refractivity contribution in [3.05, 3.63) is 75.6 Å². The van der Waals surface area contributed by atoms with Gasteiger partial charge < -0.3 is 18.6 Å². The second-order valence-corrected chi connectivity index (χ2v) is 10.8. The number of ether oxygens (including phenoxy) is 3. The number of methoxy groups -OCH3 is 3. The second kappa shape index (κ2) is 9.97. The highest BCUT2D eigenvalue weighted by Crippen LogP contribution is 2.39. The van der Waals surface area contributed by atoms with Crippen LogP contribution in [0.5, 0.6) is 0 Å². The van der Waals surface area contributed by atoms with Crippen LogP contribution in [0.25, 0.3) is 0 Å². The molecule has 1 saturated heterocycles. The standard InChI is InChI=1S/C24H26BrNO7S/c1-30-20-13-16(14-21(31-2)22(20)25)18-9-10-19(33-18)23(27)24(32-3)15-5-7-17(8-6-15)26-11-4-12-34(26,28)29/h5-10,13,16,24H,4,11-12,14H2,1-3H3. The molecule has 2 aromatic rings. The van der Waals surface area contributed by atoms with Crippen LogP contribution in [0.2, 0.25) is 0 Å². The summed E-state index contributed by atoms with van der Waals surface area (Å²) < 4.78 is 48.8. The summed E-state index contributed by atoms with van der Waals surface area (Å²) in [6, 6.07) is 10.2. The van der Waals surface area contributed by atoms with Gasteiger partial charge >= 0.3 is 0 Å². The molecule has 1 fully saturated rings. The van der Waals surface area contributed by atoms with Gasteiger partial charge in [-0.1, -0.05) is 12.1 Å². The molecule has 34 heavy (non-hydrogen) atoms. The Morgan fingerprint density at radius 3 is 2.44 bits per heavy atom. The van der Waals surface area contributed by atoms with Crippen molar-refractivity contribution in [3.63, 3.8) is 0 Å². The van der Waals surface area contributed by atoms with E-state index in [0.29, 0.717) is 42.2 Å². The highest BCUT2D eigenvalue weighted by atomic mass is 79.9. The Morgan fingerprint density at radius 2 is 1.85 bits per heavy atom. The van der Waals surface area contributed by atoms with Crippen LogP contribution in [0.3, 0.4) is 0 Å². The van der Waals surface area contributed by atoms with Crippen molar-refractivity contribution in [1.82, 2.24) is 0 Å². The van der Waals surface area contributed by atoms with E-state index in [1.807, 2.05) is 6.08 Å². The second-order valence-electron chi connectivity index (χ2n) is 8.00. The molecule has 0 bridgehead atoms. The first-order chi connectivity index (χ1) is 16.3. The normalized spacial score (nSPS) is 20.8. The first kappa shape index (κ1) is 24.6. The number of Topliss-reactive ketones (excluding diaryl/α,β-unsaturated/α-hetero) is 1. The molecule has 2 aliphatic rings. The van der Waals surface area contributed by atoms with Gasteiger partial charge in [-0.3, -0.25) is 9.10 Å². The van der Waals surface area contributed by atoms with Crippen LogP contribution in [-0.2, 0) is 24.2 Å². The number of furan rings is 1. The first-order valence-electron chi connectivity index (χ1n) is 10.7. The van der Waals surface area contributed by atoms with Crippen LogP contribution < -0.4 is 4.31 Å². The molecule has 0 N–H and O–H groups in total. The molecule has 0 saturated carbocycles. The van der Waals surface area contributed by atoms with Gasteiger partial charge in [0.1, 0.15) is 23.4 Å². The number of rotatable bonds is 8. The summed E-state index contributed by atoms with van der Waals surface area (Å²) in [5.41, 5.74) is 1.19. The van der Waals surface area contributed by atoms with E-state index in [1.165, 1.54) is 11.4 Å². The Hall–Kier alpha value is -2.56. The summed E-state index contributed by atoms with van der Waals surface area (Å²) >= 11 is 3.48. The number of carbonyl (C=O) groups is 1. The van der Waals surface area contributed by atoms with Gasteiger partial charge in [0.15, 0.2) is 5.76 Å². The van der Waals surface area contributed by atoms with E-state index in [2.05, 4.69) is 15.9 Å². The van der Waals surface area contributed by atoms with Crippen LogP contribution in [0.1, 0.15) is 46.7 Å². The number of benzene rings is 1. The largest absolute Gasteiger partial charge is 0.500 e. The van der Waals surface area contributed by atoms with Gasteiger partial charge in [0.2, 0.25) is 15.8 Å². The molecule has 8 nitrogen and oxygen atoms in total. The van der Waals surface area contributed by atoms with Gasteiger partial charge in [-0.2, -0.15) is 0 Å². The summed E-state index contributed by atoms with van der Waals surface area (Å²) in [4.78, 5) is 13.2. The third kappa shape index (κ3) is 4.67. The van der Waals surface area contributed by atoms with Gasteiger partial charge in [0.25, 0.3) is 0 Å². The van der Waals surface area contributed by atoms with Crippen molar-refractivity contribution >= 4 is 37.4 Å². The molecule has 0 radical (unpaired) electrons. The average molecular weight is 552 g/mol. The van der Waals surface area contributed by atoms with E-state index in [0.717, 1.165) is 10.2 Å². The Kier molecular flexibility index (Phi) is 7.20. The maximum absolute atomic E-state index is 13.2. The summed E-state index contributed by atoms with van der Waals surface area (Å²) in [6.07, 6.45) is 2.19. The van der Waals surface area contributed by atoms with E-state index in [-0.39, 0.29) is 23.2 Å².